The summed E-state index contributed by atoms with van der Waals surface area (Å²) in [6.07, 6.45) is 0. The van der Waals surface area contributed by atoms with Gasteiger partial charge in [-0.05, 0) is 41.5 Å². The number of rotatable bonds is 7. The van der Waals surface area contributed by atoms with Crippen molar-refractivity contribution in [2.45, 2.75) is 18.0 Å². The lowest BCUT2D eigenvalue weighted by molar-refractivity contribution is 0.0950. The maximum Gasteiger partial charge on any atom is 0.251 e. The van der Waals surface area contributed by atoms with Crippen molar-refractivity contribution >= 4 is 15.9 Å². The summed E-state index contributed by atoms with van der Waals surface area (Å²) in [5, 5.41) is 7.90. The van der Waals surface area contributed by atoms with E-state index in [1.807, 2.05) is 30.3 Å². The largest absolute Gasteiger partial charge is 0.489 e. The SMILES string of the molecule is NS(=O)(=O)c1cccc(CNC(=O)c2cccc(OCc3ccccc3)c2)c1. The molecule has 0 bridgehead atoms. The number of nitrogens with two attached hydrogens (primary N) is 1. The second-order valence-corrected chi connectivity index (χ2v) is 7.74. The maximum atomic E-state index is 12.4. The van der Waals surface area contributed by atoms with E-state index in [-0.39, 0.29) is 17.3 Å². The number of carbonyl (C=O) groups excluding carboxylic acids is 1. The fourth-order valence-corrected chi connectivity index (χ4v) is 3.17. The van der Waals surface area contributed by atoms with Crippen LogP contribution in [0.2, 0.25) is 0 Å². The Morgan fingerprint density at radius 1 is 0.893 bits per heavy atom. The highest BCUT2D eigenvalue weighted by Gasteiger charge is 2.10. The van der Waals surface area contributed by atoms with Gasteiger partial charge in [-0.1, -0.05) is 48.5 Å². The van der Waals surface area contributed by atoms with Gasteiger partial charge in [-0.3, -0.25) is 4.79 Å². The standard InChI is InChI=1S/C21H20N2O4S/c22-28(25,26)20-11-4-8-17(12-20)14-23-21(24)18-9-5-10-19(13-18)27-15-16-6-2-1-3-7-16/h1-13H,14-15H2,(H,23,24)(H2,22,25,26). The molecule has 0 saturated heterocycles. The molecular weight excluding hydrogens is 376 g/mol. The lowest BCUT2D eigenvalue weighted by atomic mass is 10.2. The summed E-state index contributed by atoms with van der Waals surface area (Å²) in [6, 6.07) is 22.8. The monoisotopic (exact) mass is 396 g/mol. The molecule has 6 nitrogen and oxygen atoms in total. The van der Waals surface area contributed by atoms with E-state index in [1.54, 1.807) is 36.4 Å². The third-order valence-electron chi connectivity index (χ3n) is 4.02. The highest BCUT2D eigenvalue weighted by molar-refractivity contribution is 7.89. The Hall–Kier alpha value is -3.16. The molecule has 28 heavy (non-hydrogen) atoms. The number of sulfonamides is 1. The molecule has 0 aliphatic carbocycles. The smallest absolute Gasteiger partial charge is 0.251 e. The van der Waals surface area contributed by atoms with Crippen molar-refractivity contribution < 1.29 is 17.9 Å². The van der Waals surface area contributed by atoms with Gasteiger partial charge in [-0.15, -0.1) is 0 Å². The van der Waals surface area contributed by atoms with E-state index in [4.69, 9.17) is 9.88 Å². The fraction of sp³-hybridized carbons (Fsp3) is 0.0952. The van der Waals surface area contributed by atoms with Gasteiger partial charge in [0.25, 0.3) is 5.91 Å². The molecule has 3 rings (SSSR count). The molecule has 144 valence electrons. The second-order valence-electron chi connectivity index (χ2n) is 6.18. The van der Waals surface area contributed by atoms with E-state index in [1.165, 1.54) is 12.1 Å². The summed E-state index contributed by atoms with van der Waals surface area (Å²) >= 11 is 0. The van der Waals surface area contributed by atoms with Crippen LogP contribution in [0, 0.1) is 0 Å². The van der Waals surface area contributed by atoms with E-state index in [0.29, 0.717) is 23.5 Å². The Morgan fingerprint density at radius 2 is 1.61 bits per heavy atom. The van der Waals surface area contributed by atoms with Crippen molar-refractivity contribution in [3.8, 4) is 5.75 Å². The summed E-state index contributed by atoms with van der Waals surface area (Å²) in [6.45, 7) is 0.587. The van der Waals surface area contributed by atoms with Crippen molar-refractivity contribution in [1.82, 2.24) is 5.32 Å². The van der Waals surface area contributed by atoms with Crippen LogP contribution in [0.25, 0.3) is 0 Å². The van der Waals surface area contributed by atoms with Crippen molar-refractivity contribution in [1.29, 1.82) is 0 Å². The molecule has 0 fully saturated rings. The van der Waals surface area contributed by atoms with E-state index in [0.717, 1.165) is 5.56 Å². The van der Waals surface area contributed by atoms with Crippen molar-refractivity contribution in [2.75, 3.05) is 0 Å². The first-order valence-electron chi connectivity index (χ1n) is 8.58. The van der Waals surface area contributed by atoms with Gasteiger partial charge in [0.1, 0.15) is 12.4 Å². The van der Waals surface area contributed by atoms with Crippen LogP contribution in [0.1, 0.15) is 21.5 Å². The van der Waals surface area contributed by atoms with Crippen molar-refractivity contribution in [3.05, 3.63) is 95.6 Å². The number of nitrogens with one attached hydrogen (secondary N) is 1. The van der Waals surface area contributed by atoms with E-state index in [2.05, 4.69) is 5.32 Å². The second kappa shape index (κ2) is 8.69. The van der Waals surface area contributed by atoms with Crippen LogP contribution in [-0.4, -0.2) is 14.3 Å². The first-order valence-corrected chi connectivity index (χ1v) is 10.1. The number of hydrogen-bond acceptors (Lipinski definition) is 4. The number of amides is 1. The van der Waals surface area contributed by atoms with Gasteiger partial charge in [0.15, 0.2) is 0 Å². The van der Waals surface area contributed by atoms with Crippen molar-refractivity contribution in [3.63, 3.8) is 0 Å². The number of hydrogen-bond donors (Lipinski definition) is 2. The van der Waals surface area contributed by atoms with Crippen LogP contribution in [0.15, 0.2) is 83.8 Å². The molecule has 0 unspecified atom stereocenters. The van der Waals surface area contributed by atoms with Gasteiger partial charge >= 0.3 is 0 Å². The third-order valence-corrected chi connectivity index (χ3v) is 4.94. The molecule has 7 heteroatoms. The third kappa shape index (κ3) is 5.42. The van der Waals surface area contributed by atoms with E-state index < -0.39 is 10.0 Å². The Bertz CT molecular complexity index is 1070. The summed E-state index contributed by atoms with van der Waals surface area (Å²) in [5.74, 6) is 0.305. The predicted octanol–water partition coefficient (Wildman–Crippen LogP) is 2.84. The molecular formula is C21H20N2O4S. The van der Waals surface area contributed by atoms with Crippen LogP contribution >= 0.6 is 0 Å². The molecule has 1 amide bonds. The summed E-state index contributed by atoms with van der Waals surface area (Å²) in [5.41, 5.74) is 2.12. The Labute approximate surface area is 164 Å². The molecule has 0 radical (unpaired) electrons. The quantitative estimate of drug-likeness (QED) is 0.641. The van der Waals surface area contributed by atoms with Gasteiger partial charge in [0.2, 0.25) is 10.0 Å². The van der Waals surface area contributed by atoms with Crippen LogP contribution in [0.4, 0.5) is 0 Å². The number of primary sulfonamides is 1. The topological polar surface area (TPSA) is 98.5 Å². The van der Waals surface area contributed by atoms with Crippen molar-refractivity contribution in [2.24, 2.45) is 5.14 Å². The molecule has 3 aromatic rings. The molecule has 0 heterocycles. The summed E-state index contributed by atoms with van der Waals surface area (Å²) in [4.78, 5) is 12.4. The Balaban J connectivity index is 1.62. The van der Waals surface area contributed by atoms with E-state index >= 15 is 0 Å². The summed E-state index contributed by atoms with van der Waals surface area (Å²) in [7, 11) is -3.78. The molecule has 0 atom stereocenters. The van der Waals surface area contributed by atoms with Crippen LogP contribution < -0.4 is 15.2 Å². The minimum Gasteiger partial charge on any atom is -0.489 e. The molecule has 3 aromatic carbocycles. The Morgan fingerprint density at radius 3 is 2.36 bits per heavy atom. The number of benzene rings is 3. The molecule has 3 N–H and O–H groups in total. The highest BCUT2D eigenvalue weighted by atomic mass is 32.2. The van der Waals surface area contributed by atoms with Crippen LogP contribution in [0.3, 0.4) is 0 Å². The lowest BCUT2D eigenvalue weighted by Crippen LogP contribution is -2.23. The van der Waals surface area contributed by atoms with Gasteiger partial charge in [0, 0.05) is 12.1 Å². The summed E-state index contributed by atoms with van der Waals surface area (Å²) < 4.78 is 28.6. The first-order chi connectivity index (χ1) is 13.4. The fourth-order valence-electron chi connectivity index (χ4n) is 2.58. The number of ether oxygens (including phenoxy) is 1. The van der Waals surface area contributed by atoms with Gasteiger partial charge in [0.05, 0.1) is 4.90 Å². The van der Waals surface area contributed by atoms with E-state index in [9.17, 15) is 13.2 Å². The molecule has 0 aliphatic rings. The normalized spacial score (nSPS) is 11.0. The average Bonchev–Trinajstić information content (AvgIpc) is 2.71. The van der Waals surface area contributed by atoms with Gasteiger partial charge in [-0.2, -0.15) is 0 Å². The highest BCUT2D eigenvalue weighted by Crippen LogP contribution is 2.16. The average molecular weight is 396 g/mol. The molecule has 0 aliphatic heterocycles. The zero-order valence-corrected chi connectivity index (χ0v) is 15.9. The minimum atomic E-state index is -3.78. The van der Waals surface area contributed by atoms with Gasteiger partial charge < -0.3 is 10.1 Å². The minimum absolute atomic E-state index is 0.00978. The zero-order chi connectivity index (χ0) is 20.0. The van der Waals surface area contributed by atoms with Crippen LogP contribution in [0.5, 0.6) is 5.75 Å². The van der Waals surface area contributed by atoms with Gasteiger partial charge in [-0.25, -0.2) is 13.6 Å². The lowest BCUT2D eigenvalue weighted by Gasteiger charge is -2.09. The molecule has 0 saturated carbocycles. The molecule has 0 spiro atoms. The van der Waals surface area contributed by atoms with Crippen LogP contribution in [-0.2, 0) is 23.2 Å². The molecule has 0 aromatic heterocycles. The zero-order valence-electron chi connectivity index (χ0n) is 15.0. The predicted molar refractivity (Wildman–Crippen MR) is 106 cm³/mol. The Kier molecular flexibility index (Phi) is 6.08. The first kappa shape index (κ1) is 19.6. The number of carbonyl (C=O) groups is 1. The maximum absolute atomic E-state index is 12.4.